The Morgan fingerprint density at radius 1 is 1.40 bits per heavy atom. The van der Waals surface area contributed by atoms with Crippen molar-refractivity contribution in [2.75, 3.05) is 5.73 Å². The third-order valence-electron chi connectivity index (χ3n) is 3.97. The van der Waals surface area contributed by atoms with Crippen LogP contribution in [0.25, 0.3) is 17.1 Å². The van der Waals surface area contributed by atoms with Crippen molar-refractivity contribution in [2.24, 2.45) is 5.92 Å². The lowest BCUT2D eigenvalue weighted by molar-refractivity contribution is 0.517. The number of pyridine rings is 1. The summed E-state index contributed by atoms with van der Waals surface area (Å²) >= 11 is 3.49. The summed E-state index contributed by atoms with van der Waals surface area (Å²) in [4.78, 5) is 4.59. The number of hydrogen-bond donors (Lipinski definition) is 1. The molecule has 0 saturated heterocycles. The molecule has 1 aliphatic rings. The van der Waals surface area contributed by atoms with Crippen molar-refractivity contribution in [2.45, 2.75) is 19.3 Å². The molecule has 5 heteroatoms. The Balaban J connectivity index is 1.83. The largest absolute Gasteiger partial charge is 0.459 e. The lowest BCUT2D eigenvalue weighted by Crippen LogP contribution is -1.93. The number of furan rings is 1. The Bertz CT molecular complexity index is 805. The highest BCUT2D eigenvalue weighted by molar-refractivity contribution is 9.10. The highest BCUT2D eigenvalue weighted by Crippen LogP contribution is 2.48. The summed E-state index contributed by atoms with van der Waals surface area (Å²) in [5, 5.41) is 0. The van der Waals surface area contributed by atoms with Crippen molar-refractivity contribution >= 4 is 27.4 Å². The highest BCUT2D eigenvalue weighted by atomic mass is 79.9. The normalized spacial score (nSPS) is 21.5. The molecule has 4 nitrogen and oxygen atoms in total. The topological polar surface area (TPSA) is 56.5 Å². The molecule has 2 N–H and O–H groups in total. The van der Waals surface area contributed by atoms with Crippen LogP contribution in [-0.4, -0.2) is 9.38 Å². The zero-order chi connectivity index (χ0) is 13.9. The fourth-order valence-electron chi connectivity index (χ4n) is 2.63. The van der Waals surface area contributed by atoms with Gasteiger partial charge in [-0.2, -0.15) is 0 Å². The van der Waals surface area contributed by atoms with Crippen LogP contribution in [0.5, 0.6) is 0 Å². The van der Waals surface area contributed by atoms with E-state index in [1.54, 1.807) is 0 Å². The van der Waals surface area contributed by atoms with Gasteiger partial charge < -0.3 is 10.2 Å². The third kappa shape index (κ3) is 1.69. The number of imidazole rings is 1. The number of anilines is 1. The van der Waals surface area contributed by atoms with Crippen molar-refractivity contribution in [1.82, 2.24) is 9.38 Å². The van der Waals surface area contributed by atoms with E-state index in [9.17, 15) is 0 Å². The van der Waals surface area contributed by atoms with E-state index in [1.165, 1.54) is 6.42 Å². The van der Waals surface area contributed by atoms with Gasteiger partial charge in [-0.3, -0.25) is 4.40 Å². The van der Waals surface area contributed by atoms with Gasteiger partial charge in [-0.05, 0) is 52.5 Å². The first kappa shape index (κ1) is 12.0. The van der Waals surface area contributed by atoms with Crippen LogP contribution in [0.3, 0.4) is 0 Å². The summed E-state index contributed by atoms with van der Waals surface area (Å²) in [7, 11) is 0. The van der Waals surface area contributed by atoms with Crippen LogP contribution in [-0.2, 0) is 0 Å². The highest BCUT2D eigenvalue weighted by Gasteiger charge is 2.36. The SMILES string of the molecule is CC1CC1c1ccc(-c2nc3c(Br)cccn3c2N)o1. The Morgan fingerprint density at radius 2 is 2.20 bits per heavy atom. The van der Waals surface area contributed by atoms with Crippen molar-refractivity contribution in [1.29, 1.82) is 0 Å². The molecule has 1 fully saturated rings. The van der Waals surface area contributed by atoms with E-state index in [4.69, 9.17) is 10.2 Å². The van der Waals surface area contributed by atoms with E-state index in [0.717, 1.165) is 27.6 Å². The number of nitrogens with zero attached hydrogens (tertiary/aromatic N) is 2. The third-order valence-corrected chi connectivity index (χ3v) is 4.59. The first-order valence-corrected chi connectivity index (χ1v) is 7.46. The molecule has 2 unspecified atom stereocenters. The minimum absolute atomic E-state index is 0.564. The summed E-state index contributed by atoms with van der Waals surface area (Å²) < 4.78 is 8.72. The number of rotatable bonds is 2. The van der Waals surface area contributed by atoms with Gasteiger partial charge in [0.1, 0.15) is 17.3 Å². The van der Waals surface area contributed by atoms with E-state index in [0.29, 0.717) is 17.4 Å². The maximum absolute atomic E-state index is 6.19. The van der Waals surface area contributed by atoms with Crippen molar-refractivity contribution in [3.05, 3.63) is 40.7 Å². The van der Waals surface area contributed by atoms with Gasteiger partial charge in [-0.15, -0.1) is 0 Å². The number of nitrogen functional groups attached to an aromatic ring is 1. The fourth-order valence-corrected chi connectivity index (χ4v) is 3.06. The second-order valence-corrected chi connectivity index (χ2v) is 6.27. The van der Waals surface area contributed by atoms with Crippen LogP contribution in [0.1, 0.15) is 25.0 Å². The van der Waals surface area contributed by atoms with Crippen molar-refractivity contribution in [3.63, 3.8) is 0 Å². The molecular formula is C15H14BrN3O. The molecule has 3 aromatic rings. The predicted octanol–water partition coefficient (Wildman–Crippen LogP) is 4.06. The smallest absolute Gasteiger partial charge is 0.156 e. The number of fused-ring (bicyclic) bond motifs is 1. The molecule has 2 atom stereocenters. The molecule has 3 aromatic heterocycles. The van der Waals surface area contributed by atoms with Gasteiger partial charge in [0.05, 0.1) is 4.47 Å². The van der Waals surface area contributed by atoms with Crippen molar-refractivity contribution < 1.29 is 4.42 Å². The molecule has 0 bridgehead atoms. The second kappa shape index (κ2) is 4.12. The molecule has 3 heterocycles. The second-order valence-electron chi connectivity index (χ2n) is 5.42. The number of halogens is 1. The minimum atomic E-state index is 0.564. The van der Waals surface area contributed by atoms with Crippen LogP contribution < -0.4 is 5.73 Å². The van der Waals surface area contributed by atoms with Gasteiger partial charge in [0.25, 0.3) is 0 Å². The molecule has 20 heavy (non-hydrogen) atoms. The summed E-state index contributed by atoms with van der Waals surface area (Å²) in [5.41, 5.74) is 7.70. The zero-order valence-electron chi connectivity index (χ0n) is 11.0. The maximum Gasteiger partial charge on any atom is 0.156 e. The Hall–Kier alpha value is -1.75. The summed E-state index contributed by atoms with van der Waals surface area (Å²) in [6, 6.07) is 7.89. The Kier molecular flexibility index (Phi) is 2.48. The standard InChI is InChI=1S/C15H14BrN3O/c1-8-7-9(8)11-4-5-12(20-11)13-14(17)19-6-2-3-10(16)15(19)18-13/h2-6,8-9H,7,17H2,1H3. The maximum atomic E-state index is 6.19. The van der Waals surface area contributed by atoms with E-state index < -0.39 is 0 Å². The van der Waals surface area contributed by atoms with Crippen LogP contribution in [0.15, 0.2) is 39.4 Å². The molecule has 0 aliphatic heterocycles. The minimum Gasteiger partial charge on any atom is -0.459 e. The van der Waals surface area contributed by atoms with Crippen LogP contribution >= 0.6 is 15.9 Å². The summed E-state index contributed by atoms with van der Waals surface area (Å²) in [6.07, 6.45) is 3.11. The average molecular weight is 332 g/mol. The van der Waals surface area contributed by atoms with Gasteiger partial charge >= 0.3 is 0 Å². The molecule has 0 radical (unpaired) electrons. The lowest BCUT2D eigenvalue weighted by Gasteiger charge is -1.97. The molecule has 0 amide bonds. The number of aromatic nitrogens is 2. The lowest BCUT2D eigenvalue weighted by atomic mass is 10.2. The van der Waals surface area contributed by atoms with Gasteiger partial charge in [0.2, 0.25) is 0 Å². The predicted molar refractivity (Wildman–Crippen MR) is 81.5 cm³/mol. The molecular weight excluding hydrogens is 318 g/mol. The molecule has 102 valence electrons. The van der Waals surface area contributed by atoms with Crippen LogP contribution in [0.4, 0.5) is 5.82 Å². The quantitative estimate of drug-likeness (QED) is 0.770. The van der Waals surface area contributed by atoms with Crippen molar-refractivity contribution in [3.8, 4) is 11.5 Å². The van der Waals surface area contributed by atoms with Crippen LogP contribution in [0, 0.1) is 5.92 Å². The molecule has 1 aliphatic carbocycles. The molecule has 1 saturated carbocycles. The van der Waals surface area contributed by atoms with E-state index in [2.05, 4.69) is 27.8 Å². The molecule has 0 aromatic carbocycles. The zero-order valence-corrected chi connectivity index (χ0v) is 12.6. The van der Waals surface area contributed by atoms with E-state index in [1.807, 2.05) is 34.9 Å². The molecule has 4 rings (SSSR count). The average Bonchev–Trinajstić information content (AvgIpc) is 2.87. The Morgan fingerprint density at radius 3 is 2.90 bits per heavy atom. The van der Waals surface area contributed by atoms with Crippen LogP contribution in [0.2, 0.25) is 0 Å². The van der Waals surface area contributed by atoms with Gasteiger partial charge in [-0.1, -0.05) is 6.92 Å². The summed E-state index contributed by atoms with van der Waals surface area (Å²) in [5.74, 6) is 3.68. The fraction of sp³-hybridized carbons (Fsp3) is 0.267. The monoisotopic (exact) mass is 331 g/mol. The van der Waals surface area contributed by atoms with Gasteiger partial charge in [0, 0.05) is 12.1 Å². The Labute approximate surface area is 124 Å². The first-order chi connectivity index (χ1) is 9.65. The van der Waals surface area contributed by atoms with Gasteiger partial charge in [0.15, 0.2) is 11.4 Å². The number of hydrogen-bond acceptors (Lipinski definition) is 3. The summed E-state index contributed by atoms with van der Waals surface area (Å²) in [6.45, 7) is 2.24. The number of nitrogens with two attached hydrogens (primary N) is 1. The molecule has 0 spiro atoms. The van der Waals surface area contributed by atoms with E-state index >= 15 is 0 Å². The van der Waals surface area contributed by atoms with E-state index in [-0.39, 0.29) is 0 Å². The first-order valence-electron chi connectivity index (χ1n) is 6.67. The van der Waals surface area contributed by atoms with Gasteiger partial charge in [-0.25, -0.2) is 4.98 Å².